The number of rotatable bonds is 4. The Hall–Kier alpha value is -1.16. The summed E-state index contributed by atoms with van der Waals surface area (Å²) in [5, 5.41) is 3.75. The van der Waals surface area contributed by atoms with Gasteiger partial charge in [-0.1, -0.05) is 5.16 Å². The van der Waals surface area contributed by atoms with Crippen molar-refractivity contribution in [3.8, 4) is 0 Å². The van der Waals surface area contributed by atoms with Crippen LogP contribution in [-0.4, -0.2) is 60.4 Å². The smallest absolute Gasteiger partial charge is 0.248 e. The first-order valence-corrected chi connectivity index (χ1v) is 11.2. The Labute approximate surface area is 173 Å². The normalized spacial score (nSPS) is 23.3. The van der Waals surface area contributed by atoms with Gasteiger partial charge in [-0.05, 0) is 52.9 Å². The number of sulfonamides is 1. The Morgan fingerprint density at radius 1 is 1.18 bits per heavy atom. The van der Waals surface area contributed by atoms with Crippen LogP contribution in [0.2, 0.25) is 0 Å². The highest BCUT2D eigenvalue weighted by molar-refractivity contribution is 7.89. The van der Waals surface area contributed by atoms with Gasteiger partial charge in [0.1, 0.15) is 10.6 Å². The van der Waals surface area contributed by atoms with E-state index >= 15 is 0 Å². The number of aromatic nitrogens is 1. The molecule has 2 aliphatic rings. The van der Waals surface area contributed by atoms with Crippen molar-refractivity contribution < 1.29 is 17.7 Å². The number of nitrogens with zero attached hydrogens (tertiary/aromatic N) is 3. The second-order valence-corrected chi connectivity index (χ2v) is 9.66. The Bertz CT molecular complexity index is 768. The SMILES string of the molecule is Cc1noc(C)c1S(=O)(=O)N1CCC(C(=O)N2CCCCC2C(C)N)CC1.Cl. The number of piperidine rings is 2. The molecule has 2 atom stereocenters. The van der Waals surface area contributed by atoms with Gasteiger partial charge in [-0.25, -0.2) is 8.42 Å². The number of aryl methyl sites for hydroxylation is 2. The summed E-state index contributed by atoms with van der Waals surface area (Å²) in [5.74, 6) is 0.297. The number of nitrogens with two attached hydrogens (primary N) is 1. The third-order valence-corrected chi connectivity index (χ3v) is 7.95. The number of likely N-dealkylation sites (tertiary alicyclic amines) is 1. The molecule has 2 saturated heterocycles. The van der Waals surface area contributed by atoms with Gasteiger partial charge in [0.05, 0.1) is 0 Å². The first-order chi connectivity index (χ1) is 12.7. The highest BCUT2D eigenvalue weighted by Crippen LogP contribution is 2.30. The molecule has 160 valence electrons. The second kappa shape index (κ2) is 9.11. The van der Waals surface area contributed by atoms with Crippen LogP contribution in [0.4, 0.5) is 0 Å². The molecule has 2 unspecified atom stereocenters. The lowest BCUT2D eigenvalue weighted by atomic mass is 9.91. The maximum atomic E-state index is 13.0. The lowest BCUT2D eigenvalue weighted by Gasteiger charge is -2.41. The molecular formula is C18H31ClN4O4S. The van der Waals surface area contributed by atoms with E-state index in [9.17, 15) is 13.2 Å². The van der Waals surface area contributed by atoms with E-state index in [-0.39, 0.29) is 41.2 Å². The molecule has 0 spiro atoms. The highest BCUT2D eigenvalue weighted by atomic mass is 35.5. The maximum absolute atomic E-state index is 13.0. The van der Waals surface area contributed by atoms with Gasteiger partial charge in [0.2, 0.25) is 15.9 Å². The quantitative estimate of drug-likeness (QED) is 0.774. The van der Waals surface area contributed by atoms with E-state index in [1.54, 1.807) is 13.8 Å². The van der Waals surface area contributed by atoms with Crippen LogP contribution in [0.1, 0.15) is 50.5 Å². The number of halogens is 1. The molecule has 0 radical (unpaired) electrons. The average Bonchev–Trinajstić information content (AvgIpc) is 3.00. The molecule has 0 bridgehead atoms. The van der Waals surface area contributed by atoms with Crippen LogP contribution < -0.4 is 5.73 Å². The highest BCUT2D eigenvalue weighted by Gasteiger charge is 2.38. The summed E-state index contributed by atoms with van der Waals surface area (Å²) < 4.78 is 32.3. The van der Waals surface area contributed by atoms with Crippen LogP contribution in [0.3, 0.4) is 0 Å². The van der Waals surface area contributed by atoms with E-state index in [0.29, 0.717) is 37.4 Å². The molecule has 2 aliphatic heterocycles. The van der Waals surface area contributed by atoms with Crippen molar-refractivity contribution in [2.75, 3.05) is 19.6 Å². The number of hydrogen-bond donors (Lipinski definition) is 1. The molecule has 2 fully saturated rings. The van der Waals surface area contributed by atoms with Gasteiger partial charge in [-0.2, -0.15) is 4.31 Å². The molecule has 2 N–H and O–H groups in total. The van der Waals surface area contributed by atoms with Gasteiger partial charge < -0.3 is 15.2 Å². The first kappa shape index (κ1) is 23.1. The fourth-order valence-corrected chi connectivity index (χ4v) is 6.09. The van der Waals surface area contributed by atoms with Crippen molar-refractivity contribution in [2.45, 2.75) is 69.9 Å². The molecule has 0 saturated carbocycles. The third kappa shape index (κ3) is 4.37. The lowest BCUT2D eigenvalue weighted by molar-refractivity contribution is -0.141. The minimum atomic E-state index is -3.65. The molecule has 8 nitrogen and oxygen atoms in total. The minimum Gasteiger partial charge on any atom is -0.360 e. The van der Waals surface area contributed by atoms with E-state index in [2.05, 4.69) is 5.16 Å². The van der Waals surface area contributed by atoms with E-state index in [0.717, 1.165) is 25.8 Å². The Kier molecular flexibility index (Phi) is 7.52. The van der Waals surface area contributed by atoms with Crippen LogP contribution in [-0.2, 0) is 14.8 Å². The van der Waals surface area contributed by atoms with Crippen LogP contribution in [0, 0.1) is 19.8 Å². The minimum absolute atomic E-state index is 0. The van der Waals surface area contributed by atoms with Crippen molar-refractivity contribution >= 4 is 28.3 Å². The van der Waals surface area contributed by atoms with E-state index < -0.39 is 10.0 Å². The van der Waals surface area contributed by atoms with Gasteiger partial charge in [0, 0.05) is 37.6 Å². The molecule has 0 aromatic carbocycles. The second-order valence-electron chi connectivity index (χ2n) is 7.79. The van der Waals surface area contributed by atoms with Crippen LogP contribution in [0.15, 0.2) is 9.42 Å². The summed E-state index contributed by atoms with van der Waals surface area (Å²) in [7, 11) is -3.65. The Balaban J connectivity index is 0.00000280. The van der Waals surface area contributed by atoms with E-state index in [4.69, 9.17) is 10.3 Å². The summed E-state index contributed by atoms with van der Waals surface area (Å²) in [6, 6.07) is 0.0459. The van der Waals surface area contributed by atoms with Crippen LogP contribution in [0.25, 0.3) is 0 Å². The van der Waals surface area contributed by atoms with Crippen molar-refractivity contribution in [3.63, 3.8) is 0 Å². The summed E-state index contributed by atoms with van der Waals surface area (Å²) in [5.41, 5.74) is 6.46. The van der Waals surface area contributed by atoms with Crippen molar-refractivity contribution in [3.05, 3.63) is 11.5 Å². The first-order valence-electron chi connectivity index (χ1n) is 9.72. The molecule has 1 amide bonds. The van der Waals surface area contributed by atoms with Gasteiger partial charge in [-0.3, -0.25) is 4.79 Å². The average molecular weight is 435 g/mol. The van der Waals surface area contributed by atoms with Crippen molar-refractivity contribution in [2.24, 2.45) is 11.7 Å². The number of carbonyl (C=O) groups is 1. The van der Waals surface area contributed by atoms with Gasteiger partial charge in [0.15, 0.2) is 5.76 Å². The standard InChI is InChI=1S/C18H30N4O4S.ClH/c1-12(19)16-6-4-5-9-22(16)18(23)15-7-10-21(11-8-15)27(24,25)17-13(2)20-26-14(17)3;/h12,15-16H,4-11,19H2,1-3H3;1H. The predicted molar refractivity (Wildman–Crippen MR) is 108 cm³/mol. The van der Waals surface area contributed by atoms with Gasteiger partial charge in [-0.15, -0.1) is 12.4 Å². The molecule has 1 aromatic heterocycles. The molecule has 28 heavy (non-hydrogen) atoms. The molecule has 3 heterocycles. The molecule has 1 aromatic rings. The predicted octanol–water partition coefficient (Wildman–Crippen LogP) is 1.84. The zero-order chi connectivity index (χ0) is 19.8. The van der Waals surface area contributed by atoms with Crippen molar-refractivity contribution in [1.29, 1.82) is 0 Å². The largest absolute Gasteiger partial charge is 0.360 e. The third-order valence-electron chi connectivity index (χ3n) is 5.81. The maximum Gasteiger partial charge on any atom is 0.248 e. The topological polar surface area (TPSA) is 110 Å². The summed E-state index contributed by atoms with van der Waals surface area (Å²) in [4.78, 5) is 15.1. The van der Waals surface area contributed by atoms with Crippen molar-refractivity contribution in [1.82, 2.24) is 14.4 Å². The lowest BCUT2D eigenvalue weighted by Crippen LogP contribution is -2.54. The summed E-state index contributed by atoms with van der Waals surface area (Å²) >= 11 is 0. The Morgan fingerprint density at radius 3 is 2.36 bits per heavy atom. The fraction of sp³-hybridized carbons (Fsp3) is 0.778. The molecular weight excluding hydrogens is 404 g/mol. The van der Waals surface area contributed by atoms with Gasteiger partial charge in [0.25, 0.3) is 0 Å². The van der Waals surface area contributed by atoms with Crippen LogP contribution >= 0.6 is 12.4 Å². The monoisotopic (exact) mass is 434 g/mol. The Morgan fingerprint density at radius 2 is 1.82 bits per heavy atom. The molecule has 10 heteroatoms. The fourth-order valence-electron chi connectivity index (χ4n) is 4.33. The number of amides is 1. The van der Waals surface area contributed by atoms with E-state index in [1.807, 2.05) is 11.8 Å². The molecule has 3 rings (SSSR count). The zero-order valence-electron chi connectivity index (χ0n) is 16.8. The number of carbonyl (C=O) groups excluding carboxylic acids is 1. The zero-order valence-corrected chi connectivity index (χ0v) is 18.4. The molecule has 0 aliphatic carbocycles. The van der Waals surface area contributed by atoms with Crippen LogP contribution in [0.5, 0.6) is 0 Å². The van der Waals surface area contributed by atoms with E-state index in [1.165, 1.54) is 4.31 Å². The number of hydrogen-bond acceptors (Lipinski definition) is 6. The summed E-state index contributed by atoms with van der Waals surface area (Å²) in [6.45, 7) is 6.61. The summed E-state index contributed by atoms with van der Waals surface area (Å²) in [6.07, 6.45) is 4.12. The van der Waals surface area contributed by atoms with Gasteiger partial charge >= 0.3 is 0 Å².